The van der Waals surface area contributed by atoms with E-state index in [-0.39, 0.29) is 31.0 Å². The second-order valence-corrected chi connectivity index (χ2v) is 4.75. The van der Waals surface area contributed by atoms with E-state index in [1.54, 1.807) is 0 Å². The zero-order chi connectivity index (χ0) is 16.5. The van der Waals surface area contributed by atoms with E-state index in [0.717, 1.165) is 11.0 Å². The SMILES string of the molecule is Cc1nc(C(F)(F)F)ccc1C(=O)N1CCOC[C@@H]1C(=O)O. The molecule has 0 saturated carbocycles. The van der Waals surface area contributed by atoms with Crippen molar-refractivity contribution in [2.24, 2.45) is 0 Å². The van der Waals surface area contributed by atoms with Gasteiger partial charge in [0.2, 0.25) is 0 Å². The van der Waals surface area contributed by atoms with Gasteiger partial charge in [-0.2, -0.15) is 13.2 Å². The van der Waals surface area contributed by atoms with Gasteiger partial charge in [0.05, 0.1) is 24.5 Å². The largest absolute Gasteiger partial charge is 0.480 e. The fraction of sp³-hybridized carbons (Fsp3) is 0.462. The minimum Gasteiger partial charge on any atom is -0.480 e. The number of carbonyl (C=O) groups excluding carboxylic acids is 1. The molecular weight excluding hydrogens is 305 g/mol. The summed E-state index contributed by atoms with van der Waals surface area (Å²) in [6, 6.07) is 0.557. The van der Waals surface area contributed by atoms with Crippen molar-refractivity contribution in [1.82, 2.24) is 9.88 Å². The average Bonchev–Trinajstić information content (AvgIpc) is 2.45. The standard InChI is InChI=1S/C13H13F3N2O4/c1-7-8(2-3-10(17-7)13(14,15)16)11(19)18-4-5-22-6-9(18)12(20)21/h2-3,9H,4-6H2,1H3,(H,20,21)/t9-/m1/s1. The number of ether oxygens (including phenoxy) is 1. The third-order valence-corrected chi connectivity index (χ3v) is 3.28. The van der Waals surface area contributed by atoms with Gasteiger partial charge in [0.25, 0.3) is 5.91 Å². The maximum absolute atomic E-state index is 12.6. The highest BCUT2D eigenvalue weighted by atomic mass is 19.4. The molecule has 6 nitrogen and oxygen atoms in total. The summed E-state index contributed by atoms with van der Waals surface area (Å²) in [6.45, 7) is 1.34. The van der Waals surface area contributed by atoms with Gasteiger partial charge in [-0.05, 0) is 19.1 Å². The third-order valence-electron chi connectivity index (χ3n) is 3.28. The molecule has 2 rings (SSSR count). The van der Waals surface area contributed by atoms with E-state index in [9.17, 15) is 22.8 Å². The molecule has 1 saturated heterocycles. The lowest BCUT2D eigenvalue weighted by Gasteiger charge is -2.33. The van der Waals surface area contributed by atoms with Crippen LogP contribution in [0.1, 0.15) is 21.7 Å². The number of aryl methyl sites for hydroxylation is 1. The van der Waals surface area contributed by atoms with Crippen molar-refractivity contribution in [1.29, 1.82) is 0 Å². The Morgan fingerprint density at radius 3 is 2.64 bits per heavy atom. The van der Waals surface area contributed by atoms with Crippen molar-refractivity contribution in [2.75, 3.05) is 19.8 Å². The van der Waals surface area contributed by atoms with Crippen molar-refractivity contribution >= 4 is 11.9 Å². The van der Waals surface area contributed by atoms with Gasteiger partial charge in [-0.25, -0.2) is 9.78 Å². The maximum atomic E-state index is 12.6. The molecule has 2 heterocycles. The molecule has 1 atom stereocenters. The first-order valence-corrected chi connectivity index (χ1v) is 6.38. The molecule has 1 N–H and O–H groups in total. The molecule has 22 heavy (non-hydrogen) atoms. The van der Waals surface area contributed by atoms with Crippen LogP contribution >= 0.6 is 0 Å². The molecule has 0 radical (unpaired) electrons. The minimum atomic E-state index is -4.60. The van der Waals surface area contributed by atoms with E-state index in [1.165, 1.54) is 6.92 Å². The van der Waals surface area contributed by atoms with E-state index in [2.05, 4.69) is 4.98 Å². The summed E-state index contributed by atoms with van der Waals surface area (Å²) in [5.74, 6) is -1.90. The number of alkyl halides is 3. The Morgan fingerprint density at radius 2 is 2.09 bits per heavy atom. The molecule has 1 aliphatic rings. The molecule has 120 valence electrons. The highest BCUT2D eigenvalue weighted by Crippen LogP contribution is 2.28. The molecule has 1 aliphatic heterocycles. The van der Waals surface area contributed by atoms with Gasteiger partial charge >= 0.3 is 12.1 Å². The number of morpholine rings is 1. The van der Waals surface area contributed by atoms with Gasteiger partial charge in [0, 0.05) is 6.54 Å². The summed E-state index contributed by atoms with van der Waals surface area (Å²) < 4.78 is 42.7. The molecule has 1 aromatic heterocycles. The number of rotatable bonds is 2. The molecule has 1 amide bonds. The normalized spacial score (nSPS) is 19.1. The number of aliphatic carboxylic acids is 1. The van der Waals surface area contributed by atoms with Crippen LogP contribution in [0.4, 0.5) is 13.2 Å². The lowest BCUT2D eigenvalue weighted by atomic mass is 10.1. The Kier molecular flexibility index (Phi) is 4.36. The van der Waals surface area contributed by atoms with Gasteiger partial charge in [0.1, 0.15) is 5.69 Å². The van der Waals surface area contributed by atoms with Crippen LogP contribution in [0.25, 0.3) is 0 Å². The zero-order valence-electron chi connectivity index (χ0n) is 11.6. The number of halogens is 3. The Morgan fingerprint density at radius 1 is 1.41 bits per heavy atom. The number of hydrogen-bond donors (Lipinski definition) is 1. The van der Waals surface area contributed by atoms with Crippen molar-refractivity contribution in [2.45, 2.75) is 19.1 Å². The number of aromatic nitrogens is 1. The number of pyridine rings is 1. The quantitative estimate of drug-likeness (QED) is 0.890. The van der Waals surface area contributed by atoms with Crippen LogP contribution in [0.2, 0.25) is 0 Å². The number of nitrogens with zero attached hydrogens (tertiary/aromatic N) is 2. The molecule has 1 fully saturated rings. The molecule has 0 spiro atoms. The number of hydrogen-bond acceptors (Lipinski definition) is 4. The molecule has 1 aromatic rings. The second kappa shape index (κ2) is 5.91. The number of amides is 1. The molecule has 0 unspecified atom stereocenters. The summed E-state index contributed by atoms with van der Waals surface area (Å²) in [7, 11) is 0. The van der Waals surface area contributed by atoms with Crippen LogP contribution in [-0.2, 0) is 15.7 Å². The second-order valence-electron chi connectivity index (χ2n) is 4.75. The molecular formula is C13H13F3N2O4. The van der Waals surface area contributed by atoms with Crippen molar-refractivity contribution in [3.63, 3.8) is 0 Å². The van der Waals surface area contributed by atoms with Crippen LogP contribution in [-0.4, -0.2) is 52.7 Å². The van der Waals surface area contributed by atoms with Crippen molar-refractivity contribution in [3.05, 3.63) is 29.1 Å². The van der Waals surface area contributed by atoms with Crippen LogP contribution in [0.15, 0.2) is 12.1 Å². The third kappa shape index (κ3) is 3.19. The van der Waals surface area contributed by atoms with Crippen LogP contribution in [0.3, 0.4) is 0 Å². The zero-order valence-corrected chi connectivity index (χ0v) is 11.6. The van der Waals surface area contributed by atoms with Gasteiger partial charge in [0.15, 0.2) is 6.04 Å². The van der Waals surface area contributed by atoms with Crippen molar-refractivity contribution < 1.29 is 32.6 Å². The highest BCUT2D eigenvalue weighted by molar-refractivity contribution is 5.97. The summed E-state index contributed by atoms with van der Waals surface area (Å²) >= 11 is 0. The summed E-state index contributed by atoms with van der Waals surface area (Å²) in [4.78, 5) is 28.0. The predicted molar refractivity (Wildman–Crippen MR) is 67.3 cm³/mol. The van der Waals surface area contributed by atoms with Gasteiger partial charge < -0.3 is 14.7 Å². The Hall–Kier alpha value is -2.16. The van der Waals surface area contributed by atoms with Crippen molar-refractivity contribution in [3.8, 4) is 0 Å². The number of carbonyl (C=O) groups is 2. The van der Waals surface area contributed by atoms with Crippen LogP contribution in [0.5, 0.6) is 0 Å². The first kappa shape index (κ1) is 16.2. The van der Waals surface area contributed by atoms with E-state index >= 15 is 0 Å². The van der Waals surface area contributed by atoms with Gasteiger partial charge in [-0.15, -0.1) is 0 Å². The Balaban J connectivity index is 2.31. The van der Waals surface area contributed by atoms with E-state index < -0.39 is 29.8 Å². The first-order chi connectivity index (χ1) is 10.2. The smallest absolute Gasteiger partial charge is 0.433 e. The Bertz CT molecular complexity index is 603. The summed E-state index contributed by atoms with van der Waals surface area (Å²) in [5, 5.41) is 9.09. The minimum absolute atomic E-state index is 0.0518. The predicted octanol–water partition coefficient (Wildman–Crippen LogP) is 1.33. The fourth-order valence-corrected chi connectivity index (χ4v) is 2.15. The number of carboxylic acid groups (broad SMARTS) is 1. The van der Waals surface area contributed by atoms with Crippen LogP contribution < -0.4 is 0 Å². The summed E-state index contributed by atoms with van der Waals surface area (Å²) in [6.07, 6.45) is -4.60. The lowest BCUT2D eigenvalue weighted by molar-refractivity contribution is -0.147. The van der Waals surface area contributed by atoms with Gasteiger partial charge in [-0.3, -0.25) is 4.79 Å². The summed E-state index contributed by atoms with van der Waals surface area (Å²) in [5.41, 5.74) is -1.25. The highest BCUT2D eigenvalue weighted by Gasteiger charge is 2.36. The first-order valence-electron chi connectivity index (χ1n) is 6.38. The van der Waals surface area contributed by atoms with E-state index in [1.807, 2.05) is 0 Å². The van der Waals surface area contributed by atoms with Gasteiger partial charge in [-0.1, -0.05) is 0 Å². The monoisotopic (exact) mass is 318 g/mol. The molecule has 0 bridgehead atoms. The van der Waals surface area contributed by atoms with E-state index in [0.29, 0.717) is 6.07 Å². The molecule has 9 heteroatoms. The average molecular weight is 318 g/mol. The lowest BCUT2D eigenvalue weighted by Crippen LogP contribution is -2.52. The topological polar surface area (TPSA) is 79.7 Å². The molecule has 0 aromatic carbocycles. The fourth-order valence-electron chi connectivity index (χ4n) is 2.15. The maximum Gasteiger partial charge on any atom is 0.433 e. The Labute approximate surface area is 123 Å². The van der Waals surface area contributed by atoms with Crippen LogP contribution in [0, 0.1) is 6.92 Å². The molecule has 0 aliphatic carbocycles. The van der Waals surface area contributed by atoms with E-state index in [4.69, 9.17) is 9.84 Å². The number of carboxylic acids is 1.